The molecule has 5 nitrogen and oxygen atoms in total. The van der Waals surface area contributed by atoms with Crippen LogP contribution in [0, 0.1) is 0 Å². The third-order valence-corrected chi connectivity index (χ3v) is 2.94. The molecule has 19 heavy (non-hydrogen) atoms. The van der Waals surface area contributed by atoms with Crippen LogP contribution < -0.4 is 11.1 Å². The van der Waals surface area contributed by atoms with Gasteiger partial charge in [-0.15, -0.1) is 0 Å². The zero-order valence-electron chi connectivity index (χ0n) is 11.0. The van der Waals surface area contributed by atoms with Crippen molar-refractivity contribution in [3.63, 3.8) is 0 Å². The minimum atomic E-state index is -0.880. The third kappa shape index (κ3) is 5.09. The Balaban J connectivity index is 2.75. The molecule has 1 amide bonds. The summed E-state index contributed by atoms with van der Waals surface area (Å²) in [7, 11) is 0. The van der Waals surface area contributed by atoms with Crippen LogP contribution in [-0.4, -0.2) is 23.0 Å². The lowest BCUT2D eigenvalue weighted by molar-refractivity contribution is -0.137. The van der Waals surface area contributed by atoms with Gasteiger partial charge in [-0.25, -0.2) is 0 Å². The molecule has 0 radical (unpaired) electrons. The van der Waals surface area contributed by atoms with Crippen molar-refractivity contribution in [3.8, 4) is 0 Å². The predicted octanol–water partition coefficient (Wildman–Crippen LogP) is 1.45. The molecule has 1 aromatic carbocycles. The molecule has 1 unspecified atom stereocenters. The zero-order valence-corrected chi connectivity index (χ0v) is 11.0. The largest absolute Gasteiger partial charge is 0.481 e. The summed E-state index contributed by atoms with van der Waals surface area (Å²) >= 11 is 0. The van der Waals surface area contributed by atoms with Crippen LogP contribution in [0.4, 0.5) is 0 Å². The molecule has 1 aromatic rings. The van der Waals surface area contributed by atoms with Crippen molar-refractivity contribution in [2.45, 2.75) is 38.3 Å². The Bertz CT molecular complexity index is 420. The van der Waals surface area contributed by atoms with Gasteiger partial charge in [-0.2, -0.15) is 0 Å². The first-order valence-corrected chi connectivity index (χ1v) is 6.37. The average molecular weight is 264 g/mol. The number of carboxylic acid groups (broad SMARTS) is 1. The molecule has 0 aliphatic carbocycles. The van der Waals surface area contributed by atoms with Crippen molar-refractivity contribution in [2.24, 2.45) is 5.73 Å². The van der Waals surface area contributed by atoms with Crippen molar-refractivity contribution in [1.82, 2.24) is 5.32 Å². The van der Waals surface area contributed by atoms with E-state index in [-0.39, 0.29) is 18.4 Å². The third-order valence-electron chi connectivity index (χ3n) is 2.94. The lowest BCUT2D eigenvalue weighted by Crippen LogP contribution is -2.41. The van der Waals surface area contributed by atoms with E-state index >= 15 is 0 Å². The normalized spacial score (nSPS) is 13.6. The van der Waals surface area contributed by atoms with E-state index < -0.39 is 12.0 Å². The molecule has 2 atom stereocenters. The highest BCUT2D eigenvalue weighted by atomic mass is 16.4. The van der Waals surface area contributed by atoms with Crippen molar-refractivity contribution in [2.75, 3.05) is 0 Å². The van der Waals surface area contributed by atoms with Crippen LogP contribution in [0.1, 0.15) is 37.8 Å². The van der Waals surface area contributed by atoms with E-state index in [1.807, 2.05) is 37.3 Å². The number of benzene rings is 1. The maximum absolute atomic E-state index is 11.8. The minimum absolute atomic E-state index is 0.00119. The maximum Gasteiger partial charge on any atom is 0.303 e. The number of carbonyl (C=O) groups excluding carboxylic acids is 1. The summed E-state index contributed by atoms with van der Waals surface area (Å²) in [5.74, 6) is -1.13. The molecule has 0 saturated carbocycles. The maximum atomic E-state index is 11.8. The highest BCUT2D eigenvalue weighted by Gasteiger charge is 2.18. The van der Waals surface area contributed by atoms with Gasteiger partial charge >= 0.3 is 5.97 Å². The number of rotatable bonds is 7. The molecule has 5 heteroatoms. The second kappa shape index (κ2) is 7.53. The molecule has 0 aliphatic rings. The van der Waals surface area contributed by atoms with Crippen molar-refractivity contribution >= 4 is 11.9 Å². The van der Waals surface area contributed by atoms with Crippen molar-refractivity contribution in [1.29, 1.82) is 0 Å². The summed E-state index contributed by atoms with van der Waals surface area (Å²) in [6.45, 7) is 1.83. The SMILES string of the molecule is CC[C@@H](N)C(=O)NC(CCC(=O)O)c1ccccc1. The van der Waals surface area contributed by atoms with E-state index in [9.17, 15) is 9.59 Å². The topological polar surface area (TPSA) is 92.4 Å². The number of amides is 1. The molecular weight excluding hydrogens is 244 g/mol. The molecule has 0 saturated heterocycles. The van der Waals surface area contributed by atoms with Gasteiger partial charge < -0.3 is 16.2 Å². The van der Waals surface area contributed by atoms with Gasteiger partial charge in [0.1, 0.15) is 0 Å². The van der Waals surface area contributed by atoms with Gasteiger partial charge in [0.05, 0.1) is 12.1 Å². The van der Waals surface area contributed by atoms with Gasteiger partial charge in [0.15, 0.2) is 0 Å². The zero-order chi connectivity index (χ0) is 14.3. The predicted molar refractivity (Wildman–Crippen MR) is 72.5 cm³/mol. The summed E-state index contributed by atoms with van der Waals surface area (Å²) in [6.07, 6.45) is 0.898. The van der Waals surface area contributed by atoms with Crippen LogP contribution in [0.25, 0.3) is 0 Å². The highest BCUT2D eigenvalue weighted by Crippen LogP contribution is 2.18. The van der Waals surface area contributed by atoms with Crippen LogP contribution in [0.5, 0.6) is 0 Å². The Morgan fingerprint density at radius 2 is 1.95 bits per heavy atom. The average Bonchev–Trinajstić information content (AvgIpc) is 2.42. The summed E-state index contributed by atoms with van der Waals surface area (Å²) in [6, 6.07) is 8.44. The molecule has 0 bridgehead atoms. The van der Waals surface area contributed by atoms with E-state index in [1.54, 1.807) is 0 Å². The summed E-state index contributed by atoms with van der Waals surface area (Å²) in [5.41, 5.74) is 6.56. The van der Waals surface area contributed by atoms with Gasteiger partial charge in [0.25, 0.3) is 0 Å². The van der Waals surface area contributed by atoms with Crippen molar-refractivity contribution in [3.05, 3.63) is 35.9 Å². The van der Waals surface area contributed by atoms with Gasteiger partial charge in [0, 0.05) is 6.42 Å². The van der Waals surface area contributed by atoms with E-state index in [4.69, 9.17) is 10.8 Å². The standard InChI is InChI=1S/C14H20N2O3/c1-2-11(15)14(19)16-12(8-9-13(17)18)10-6-4-3-5-7-10/h3-7,11-12H,2,8-9,15H2,1H3,(H,16,19)(H,17,18)/t11-,12?/m1/s1. The number of aliphatic carboxylic acids is 1. The molecular formula is C14H20N2O3. The molecule has 0 fully saturated rings. The fourth-order valence-electron chi connectivity index (χ4n) is 1.74. The Morgan fingerprint density at radius 3 is 2.47 bits per heavy atom. The van der Waals surface area contributed by atoms with Crippen LogP contribution >= 0.6 is 0 Å². The molecule has 0 spiro atoms. The van der Waals surface area contributed by atoms with Gasteiger partial charge in [-0.05, 0) is 18.4 Å². The highest BCUT2D eigenvalue weighted by molar-refractivity contribution is 5.81. The summed E-state index contributed by atoms with van der Waals surface area (Å²) < 4.78 is 0. The first-order chi connectivity index (χ1) is 9.04. The van der Waals surface area contributed by atoms with E-state index in [0.717, 1.165) is 5.56 Å². The van der Waals surface area contributed by atoms with Gasteiger partial charge in [-0.1, -0.05) is 37.3 Å². The van der Waals surface area contributed by atoms with Crippen molar-refractivity contribution < 1.29 is 14.7 Å². The Hall–Kier alpha value is -1.88. The number of hydrogen-bond donors (Lipinski definition) is 3. The number of hydrogen-bond acceptors (Lipinski definition) is 3. The number of nitrogens with two attached hydrogens (primary N) is 1. The monoisotopic (exact) mass is 264 g/mol. The number of nitrogens with one attached hydrogen (secondary N) is 1. The molecule has 0 heterocycles. The first kappa shape index (κ1) is 15.2. The van der Waals surface area contributed by atoms with Gasteiger partial charge in [0.2, 0.25) is 5.91 Å². The Morgan fingerprint density at radius 1 is 1.32 bits per heavy atom. The minimum Gasteiger partial charge on any atom is -0.481 e. The number of carbonyl (C=O) groups is 2. The van der Waals surface area contributed by atoms with Gasteiger partial charge in [-0.3, -0.25) is 9.59 Å². The quantitative estimate of drug-likeness (QED) is 0.695. The molecule has 104 valence electrons. The lowest BCUT2D eigenvalue weighted by atomic mass is 10.0. The molecule has 0 aliphatic heterocycles. The fraction of sp³-hybridized carbons (Fsp3) is 0.429. The summed E-state index contributed by atoms with van der Waals surface area (Å²) in [5, 5.41) is 11.6. The van der Waals surface area contributed by atoms with E-state index in [1.165, 1.54) is 0 Å². The fourth-order valence-corrected chi connectivity index (χ4v) is 1.74. The van der Waals surface area contributed by atoms with Crippen LogP contribution in [0.15, 0.2) is 30.3 Å². The lowest BCUT2D eigenvalue weighted by Gasteiger charge is -2.20. The second-order valence-electron chi connectivity index (χ2n) is 4.42. The Labute approximate surface area is 112 Å². The first-order valence-electron chi connectivity index (χ1n) is 6.37. The van der Waals surface area contributed by atoms with E-state index in [0.29, 0.717) is 12.8 Å². The number of carboxylic acids is 1. The molecule has 0 aromatic heterocycles. The smallest absolute Gasteiger partial charge is 0.303 e. The van der Waals surface area contributed by atoms with Crippen LogP contribution in [-0.2, 0) is 9.59 Å². The van der Waals surface area contributed by atoms with Crippen LogP contribution in [0.3, 0.4) is 0 Å². The second-order valence-corrected chi connectivity index (χ2v) is 4.42. The molecule has 1 rings (SSSR count). The van der Waals surface area contributed by atoms with E-state index in [2.05, 4.69) is 5.32 Å². The van der Waals surface area contributed by atoms with Crippen LogP contribution in [0.2, 0.25) is 0 Å². The summed E-state index contributed by atoms with van der Waals surface area (Å²) in [4.78, 5) is 22.5. The Kier molecular flexibility index (Phi) is 6.02. The molecule has 4 N–H and O–H groups in total.